The van der Waals surface area contributed by atoms with Crippen LogP contribution >= 0.6 is 11.3 Å². The Balaban J connectivity index is 1.84. The molecule has 1 aromatic carbocycles. The highest BCUT2D eigenvalue weighted by molar-refractivity contribution is 7.10. The molecule has 3 aromatic rings. The minimum Gasteiger partial charge on any atom is -0.356 e. The first-order valence-electron chi connectivity index (χ1n) is 8.78. The average Bonchev–Trinajstić information content (AvgIpc) is 3.37. The van der Waals surface area contributed by atoms with Crippen molar-refractivity contribution in [1.29, 1.82) is 0 Å². The molecule has 0 N–H and O–H groups in total. The number of tetrazole rings is 1. The summed E-state index contributed by atoms with van der Waals surface area (Å²) in [7, 11) is 0. The van der Waals surface area contributed by atoms with Crippen molar-refractivity contribution in [1.82, 2.24) is 20.2 Å². The van der Waals surface area contributed by atoms with E-state index in [2.05, 4.69) is 83.0 Å². The van der Waals surface area contributed by atoms with Gasteiger partial charge in [0.1, 0.15) is 6.04 Å². The SMILES string of the molecule is CCC(C)(C)n1nnnc1[C@@H](c1cccs1)N1CCc2ccccc21. The van der Waals surface area contributed by atoms with E-state index in [4.69, 9.17) is 0 Å². The second-order valence-corrected chi connectivity index (χ2v) is 8.08. The van der Waals surface area contributed by atoms with E-state index in [1.807, 2.05) is 4.68 Å². The molecule has 1 atom stereocenters. The molecule has 0 aliphatic carbocycles. The van der Waals surface area contributed by atoms with Crippen LogP contribution in [0.4, 0.5) is 5.69 Å². The van der Waals surface area contributed by atoms with Crippen molar-refractivity contribution in [3.05, 3.63) is 58.0 Å². The fourth-order valence-electron chi connectivity index (χ4n) is 3.44. The maximum atomic E-state index is 4.47. The molecular weight excluding hydrogens is 330 g/mol. The number of thiophene rings is 1. The summed E-state index contributed by atoms with van der Waals surface area (Å²) >= 11 is 1.77. The third kappa shape index (κ3) is 2.74. The van der Waals surface area contributed by atoms with Crippen LogP contribution in [0.3, 0.4) is 0 Å². The molecule has 6 heteroatoms. The van der Waals surface area contributed by atoms with Crippen LogP contribution in [-0.4, -0.2) is 26.8 Å². The predicted molar refractivity (Wildman–Crippen MR) is 101 cm³/mol. The van der Waals surface area contributed by atoms with Crippen molar-refractivity contribution in [3.63, 3.8) is 0 Å². The molecule has 5 nitrogen and oxygen atoms in total. The third-order valence-corrected chi connectivity index (χ3v) is 6.15. The number of hydrogen-bond donors (Lipinski definition) is 0. The quantitative estimate of drug-likeness (QED) is 0.695. The molecule has 130 valence electrons. The van der Waals surface area contributed by atoms with E-state index in [0.717, 1.165) is 25.2 Å². The van der Waals surface area contributed by atoms with Gasteiger partial charge in [0, 0.05) is 17.1 Å². The standard InChI is InChI=1S/C19H23N5S/c1-4-19(2,3)24-18(20-21-22-24)17(16-10-7-13-25-16)23-12-11-14-8-5-6-9-15(14)23/h5-10,13,17H,4,11-12H2,1-3H3/t17-/m1/s1. The maximum Gasteiger partial charge on any atom is 0.179 e. The molecule has 0 unspecified atom stereocenters. The molecule has 2 aromatic heterocycles. The van der Waals surface area contributed by atoms with E-state index in [1.54, 1.807) is 11.3 Å². The monoisotopic (exact) mass is 353 g/mol. The fraction of sp³-hybridized carbons (Fsp3) is 0.421. The molecule has 0 spiro atoms. The first kappa shape index (κ1) is 16.3. The molecule has 0 bridgehead atoms. The highest BCUT2D eigenvalue weighted by Gasteiger charge is 2.35. The van der Waals surface area contributed by atoms with Crippen LogP contribution in [0.25, 0.3) is 0 Å². The van der Waals surface area contributed by atoms with E-state index in [1.165, 1.54) is 16.1 Å². The summed E-state index contributed by atoms with van der Waals surface area (Å²) in [6, 6.07) is 13.0. The Morgan fingerprint density at radius 2 is 2.04 bits per heavy atom. The molecule has 4 rings (SSSR count). The molecule has 0 fully saturated rings. The Morgan fingerprint density at radius 1 is 1.20 bits per heavy atom. The van der Waals surface area contributed by atoms with Crippen LogP contribution < -0.4 is 4.90 Å². The molecule has 25 heavy (non-hydrogen) atoms. The number of fused-ring (bicyclic) bond motifs is 1. The molecule has 1 aliphatic heterocycles. The first-order chi connectivity index (χ1) is 12.1. The number of para-hydroxylation sites is 1. The zero-order valence-electron chi connectivity index (χ0n) is 14.9. The molecular formula is C19H23N5S. The van der Waals surface area contributed by atoms with E-state index in [9.17, 15) is 0 Å². The van der Waals surface area contributed by atoms with Gasteiger partial charge in [0.15, 0.2) is 5.82 Å². The Labute approximate surface area is 152 Å². The van der Waals surface area contributed by atoms with Gasteiger partial charge in [0.05, 0.1) is 5.54 Å². The Morgan fingerprint density at radius 3 is 2.80 bits per heavy atom. The van der Waals surface area contributed by atoms with Gasteiger partial charge in [-0.1, -0.05) is 31.2 Å². The number of aromatic nitrogens is 4. The van der Waals surface area contributed by atoms with Gasteiger partial charge in [0.25, 0.3) is 0 Å². The van der Waals surface area contributed by atoms with Crippen LogP contribution in [0.5, 0.6) is 0 Å². The van der Waals surface area contributed by atoms with Crippen LogP contribution in [0.15, 0.2) is 41.8 Å². The van der Waals surface area contributed by atoms with Gasteiger partial charge in [0.2, 0.25) is 0 Å². The first-order valence-corrected chi connectivity index (χ1v) is 9.66. The molecule has 0 radical (unpaired) electrons. The highest BCUT2D eigenvalue weighted by Crippen LogP contribution is 2.40. The summed E-state index contributed by atoms with van der Waals surface area (Å²) < 4.78 is 2.01. The Hall–Kier alpha value is -2.21. The second kappa shape index (κ2) is 6.26. The molecule has 0 saturated heterocycles. The summed E-state index contributed by atoms with van der Waals surface area (Å²) in [5.41, 5.74) is 2.58. The number of nitrogens with zero attached hydrogens (tertiary/aromatic N) is 5. The summed E-state index contributed by atoms with van der Waals surface area (Å²) in [6.07, 6.45) is 2.04. The molecule has 0 saturated carbocycles. The minimum absolute atomic E-state index is 0.0458. The van der Waals surface area contributed by atoms with Crippen LogP contribution in [0, 0.1) is 0 Å². The third-order valence-electron chi connectivity index (χ3n) is 5.22. The van der Waals surface area contributed by atoms with E-state index in [0.29, 0.717) is 0 Å². The lowest BCUT2D eigenvalue weighted by Gasteiger charge is -2.32. The van der Waals surface area contributed by atoms with Crippen molar-refractivity contribution >= 4 is 17.0 Å². The largest absolute Gasteiger partial charge is 0.356 e. The second-order valence-electron chi connectivity index (χ2n) is 7.10. The van der Waals surface area contributed by atoms with Gasteiger partial charge >= 0.3 is 0 Å². The van der Waals surface area contributed by atoms with E-state index >= 15 is 0 Å². The molecule has 1 aliphatic rings. The zero-order chi connectivity index (χ0) is 17.4. The van der Waals surface area contributed by atoms with Crippen LogP contribution in [0.2, 0.25) is 0 Å². The molecule has 3 heterocycles. The lowest BCUT2D eigenvalue weighted by molar-refractivity contribution is 0.288. The fourth-order valence-corrected chi connectivity index (χ4v) is 4.28. The minimum atomic E-state index is -0.117. The number of rotatable bonds is 5. The Kier molecular flexibility index (Phi) is 4.07. The number of benzene rings is 1. The summed E-state index contributed by atoms with van der Waals surface area (Å²) in [5.74, 6) is 0.922. The lowest BCUT2D eigenvalue weighted by Crippen LogP contribution is -2.35. The highest BCUT2D eigenvalue weighted by atomic mass is 32.1. The van der Waals surface area contributed by atoms with Gasteiger partial charge in [-0.2, -0.15) is 0 Å². The van der Waals surface area contributed by atoms with E-state index < -0.39 is 0 Å². The van der Waals surface area contributed by atoms with Crippen molar-refractivity contribution < 1.29 is 0 Å². The van der Waals surface area contributed by atoms with Gasteiger partial charge < -0.3 is 4.90 Å². The van der Waals surface area contributed by atoms with Crippen LogP contribution in [-0.2, 0) is 12.0 Å². The smallest absolute Gasteiger partial charge is 0.179 e. The van der Waals surface area contributed by atoms with Crippen molar-refractivity contribution in [2.45, 2.75) is 45.2 Å². The maximum absolute atomic E-state index is 4.47. The van der Waals surface area contributed by atoms with E-state index in [-0.39, 0.29) is 11.6 Å². The van der Waals surface area contributed by atoms with Crippen molar-refractivity contribution in [2.75, 3.05) is 11.4 Å². The van der Waals surface area contributed by atoms with Crippen molar-refractivity contribution in [3.8, 4) is 0 Å². The van der Waals surface area contributed by atoms with Gasteiger partial charge in [-0.05, 0) is 60.2 Å². The lowest BCUT2D eigenvalue weighted by atomic mass is 10.0. The average molecular weight is 353 g/mol. The summed E-state index contributed by atoms with van der Waals surface area (Å²) in [6.45, 7) is 7.55. The summed E-state index contributed by atoms with van der Waals surface area (Å²) in [5, 5.41) is 15.0. The van der Waals surface area contributed by atoms with Crippen LogP contribution in [0.1, 0.15) is 49.5 Å². The number of hydrogen-bond acceptors (Lipinski definition) is 5. The normalized spacial score (nSPS) is 15.4. The number of anilines is 1. The predicted octanol–water partition coefficient (Wildman–Crippen LogP) is 4.03. The van der Waals surface area contributed by atoms with Crippen molar-refractivity contribution in [2.24, 2.45) is 0 Å². The topological polar surface area (TPSA) is 46.8 Å². The molecule has 0 amide bonds. The summed E-state index contributed by atoms with van der Waals surface area (Å²) in [4.78, 5) is 3.73. The van der Waals surface area contributed by atoms with Gasteiger partial charge in [-0.25, -0.2) is 4.68 Å². The Bertz CT molecular complexity index is 852. The van der Waals surface area contributed by atoms with Gasteiger partial charge in [-0.15, -0.1) is 16.4 Å². The van der Waals surface area contributed by atoms with Gasteiger partial charge in [-0.3, -0.25) is 0 Å². The zero-order valence-corrected chi connectivity index (χ0v) is 15.7.